The number of aliphatic carboxylic acids is 1. The number of nitrogens with zero attached hydrogens (tertiary/aromatic N) is 2. The zero-order valence-electron chi connectivity index (χ0n) is 43.0. The quantitative estimate of drug-likeness (QED) is 0.0130. The molecule has 1 aromatic carbocycles. The molecule has 1 heterocycles. The van der Waals surface area contributed by atoms with Gasteiger partial charge >= 0.3 is 5.97 Å². The summed E-state index contributed by atoms with van der Waals surface area (Å²) in [5.41, 5.74) is 38.3. The molecule has 1 saturated heterocycles. The van der Waals surface area contributed by atoms with Gasteiger partial charge in [0.2, 0.25) is 35.4 Å². The summed E-state index contributed by atoms with van der Waals surface area (Å²) in [6.07, 6.45) is -0.489. The molecule has 8 atom stereocenters. The molecule has 0 aliphatic carbocycles. The van der Waals surface area contributed by atoms with E-state index >= 15 is 4.39 Å². The molecular formula is C47H78FN17O12. The van der Waals surface area contributed by atoms with E-state index in [-0.39, 0.29) is 88.4 Å². The fourth-order valence-corrected chi connectivity index (χ4v) is 7.71. The van der Waals surface area contributed by atoms with Crippen LogP contribution in [0.1, 0.15) is 76.2 Å². The first-order valence-electron chi connectivity index (χ1n) is 25.2. The van der Waals surface area contributed by atoms with Gasteiger partial charge in [0, 0.05) is 32.6 Å². The summed E-state index contributed by atoms with van der Waals surface area (Å²) in [6.45, 7) is -1.37. The van der Waals surface area contributed by atoms with Crippen LogP contribution in [0.5, 0.6) is 0 Å². The number of hydrogen-bond donors (Lipinski definition) is 18. The number of nitrogens with one attached hydrogen (secondary N) is 8. The van der Waals surface area contributed by atoms with Gasteiger partial charge < -0.3 is 97.6 Å². The van der Waals surface area contributed by atoms with Gasteiger partial charge in [-0.25, -0.2) is 14.2 Å². The predicted molar refractivity (Wildman–Crippen MR) is 279 cm³/mol. The monoisotopic (exact) mass is 1090 g/mol. The Hall–Kier alpha value is -7.06. The van der Waals surface area contributed by atoms with Gasteiger partial charge in [0.15, 0.2) is 5.96 Å². The molecule has 1 aliphatic heterocycles. The predicted octanol–water partition coefficient (Wildman–Crippen LogP) is -6.70. The van der Waals surface area contributed by atoms with Crippen LogP contribution < -0.4 is 77.4 Å². The number of nitrogens with two attached hydrogens (primary N) is 7. The molecule has 30 heteroatoms. The third kappa shape index (κ3) is 23.0. The molecule has 0 radical (unpaired) electrons. The minimum absolute atomic E-state index is 0.00617. The van der Waals surface area contributed by atoms with E-state index in [1.54, 1.807) is 0 Å². The van der Waals surface area contributed by atoms with Crippen LogP contribution in [0.2, 0.25) is 0 Å². The van der Waals surface area contributed by atoms with Crippen LogP contribution in [0.15, 0.2) is 41.0 Å². The van der Waals surface area contributed by atoms with Gasteiger partial charge in [-0.2, -0.15) is 0 Å². The number of hydrogen-bond acceptors (Lipinski definition) is 18. The van der Waals surface area contributed by atoms with E-state index in [0.29, 0.717) is 32.2 Å². The number of rotatable bonds is 35. The minimum Gasteiger partial charge on any atom is -0.477 e. The molecule has 29 nitrogen and oxygen atoms in total. The standard InChI is InChI=1S/C47H78FN17O12/c48-27-11-2-1-10-26(27)22-32(41(71)60-29(13-4-6-18-50)40(70)61-31(46(76)77)15-8-20-57-47(55)56)62-42(72)33-16-9-21-65(33)45(75)30(14-7-19-51)59-36(68)25-58-43(73)37(34(66)23-52)64-44(74)38(35(67)24-53)63-39(69)28(54)12-3-5-17-49/h1-2,10-11,15,28-29,32-35,37-38,66-67H,3-9,12-14,16-25,49-54H2,(H,58,73)(H,60,71)(H,61,70)(H,62,72)(H,63,69)(H,64,74)(H,76,77)(H4,55,56,57)/b31-15-,59-30+/t28-,29-,32-,33-,34-,35-,37-,38-/m0/s1. The average molecular weight is 1090 g/mol. The number of carbonyl (C=O) groups excluding carboxylic acids is 8. The van der Waals surface area contributed by atoms with Crippen LogP contribution in [0.25, 0.3) is 0 Å². The van der Waals surface area contributed by atoms with E-state index in [1.807, 2.05) is 0 Å². The third-order valence-electron chi connectivity index (χ3n) is 12.0. The van der Waals surface area contributed by atoms with Gasteiger partial charge in [-0.15, -0.1) is 0 Å². The van der Waals surface area contributed by atoms with Crippen molar-refractivity contribution in [1.82, 2.24) is 42.1 Å². The number of aliphatic imine (C=N–C) groups is 1. The maximum Gasteiger partial charge on any atom is 0.352 e. The number of benzene rings is 1. The summed E-state index contributed by atoms with van der Waals surface area (Å²) in [6, 6.07) is -3.55. The molecule has 0 bridgehead atoms. The molecule has 8 amide bonds. The van der Waals surface area contributed by atoms with Crippen molar-refractivity contribution in [3.8, 4) is 0 Å². The van der Waals surface area contributed by atoms with Gasteiger partial charge in [0.05, 0.1) is 24.8 Å². The van der Waals surface area contributed by atoms with E-state index in [9.17, 15) is 58.5 Å². The van der Waals surface area contributed by atoms with Crippen molar-refractivity contribution in [2.45, 2.75) is 126 Å². The van der Waals surface area contributed by atoms with E-state index < -0.39 is 139 Å². The van der Waals surface area contributed by atoms with Gasteiger partial charge in [-0.3, -0.25) is 43.8 Å². The van der Waals surface area contributed by atoms with E-state index in [4.69, 9.17) is 45.5 Å². The molecule has 1 aliphatic rings. The normalized spacial score (nSPS) is 16.3. The highest BCUT2D eigenvalue weighted by atomic mass is 19.1. The smallest absolute Gasteiger partial charge is 0.352 e. The van der Waals surface area contributed by atoms with Crippen LogP contribution in [0.4, 0.5) is 4.39 Å². The van der Waals surface area contributed by atoms with Crippen LogP contribution in [0, 0.1) is 11.2 Å². The summed E-state index contributed by atoms with van der Waals surface area (Å²) in [5, 5.41) is 54.8. The summed E-state index contributed by atoms with van der Waals surface area (Å²) in [5.74, 6) is -10.5. The maximum absolute atomic E-state index is 15.1. The Morgan fingerprint density at radius 2 is 1.38 bits per heavy atom. The molecule has 0 spiro atoms. The Labute approximate surface area is 444 Å². The van der Waals surface area contributed by atoms with Gasteiger partial charge in [0.25, 0.3) is 11.8 Å². The second-order valence-electron chi connectivity index (χ2n) is 17.9. The lowest BCUT2D eigenvalue weighted by atomic mass is 10.0. The first-order chi connectivity index (χ1) is 36.6. The van der Waals surface area contributed by atoms with Crippen LogP contribution in [-0.4, -0.2) is 186 Å². The highest BCUT2D eigenvalue weighted by Crippen LogP contribution is 2.20. The lowest BCUT2D eigenvalue weighted by Crippen LogP contribution is -2.63. The fourth-order valence-electron chi connectivity index (χ4n) is 7.71. The Bertz CT molecular complexity index is 2240. The highest BCUT2D eigenvalue weighted by Gasteiger charge is 2.39. The van der Waals surface area contributed by atoms with Crippen LogP contribution in [-0.2, 0) is 49.6 Å². The third-order valence-corrected chi connectivity index (χ3v) is 12.0. The SMILES string of the molecule is N=C(N)NCC/C=C(\NC(=O)[C@H](CCCCN)NC(=O)[C@H](Cc1ccccc1F)NC(=O)[C@@H]1CCCN1C(=O)/C(CCCN)=N/C(=O)CNC(=O)[C@@H](NC(=O)[C@@H](NC(=O)[C@@H](N)CCCCN)[C@@H](O)CN)[C@@H](O)CN)C(=O)O. The lowest BCUT2D eigenvalue weighted by molar-refractivity contribution is -0.137. The minimum atomic E-state index is -1.86. The fraction of sp³-hybridized carbons (Fsp3) is 0.596. The van der Waals surface area contributed by atoms with Gasteiger partial charge in [0.1, 0.15) is 47.4 Å². The van der Waals surface area contributed by atoms with E-state index in [2.05, 4.69) is 42.2 Å². The van der Waals surface area contributed by atoms with Crippen molar-refractivity contribution < 1.29 is 62.9 Å². The van der Waals surface area contributed by atoms with Crippen molar-refractivity contribution in [3.63, 3.8) is 0 Å². The number of likely N-dealkylation sites (tertiary alicyclic amines) is 1. The number of carboxylic acid groups (broad SMARTS) is 1. The number of carboxylic acids is 1. The van der Waals surface area contributed by atoms with Crippen LogP contribution >= 0.6 is 0 Å². The van der Waals surface area contributed by atoms with E-state index in [1.165, 1.54) is 24.3 Å². The van der Waals surface area contributed by atoms with Crippen LogP contribution in [0.3, 0.4) is 0 Å². The summed E-state index contributed by atoms with van der Waals surface area (Å²) >= 11 is 0. The number of halogens is 1. The van der Waals surface area contributed by atoms with E-state index in [0.717, 1.165) is 11.0 Å². The topological polar surface area (TPSA) is 520 Å². The molecule has 0 aromatic heterocycles. The number of unbranched alkanes of at least 4 members (excludes halogenated alkanes) is 2. The maximum atomic E-state index is 15.1. The second-order valence-corrected chi connectivity index (χ2v) is 17.9. The van der Waals surface area contributed by atoms with Gasteiger partial charge in [-0.1, -0.05) is 30.7 Å². The average Bonchev–Trinajstić information content (AvgIpc) is 3.90. The highest BCUT2D eigenvalue weighted by molar-refractivity contribution is 6.40. The largest absolute Gasteiger partial charge is 0.477 e. The molecule has 1 aromatic rings. The van der Waals surface area contributed by atoms with Crippen molar-refractivity contribution in [3.05, 3.63) is 47.4 Å². The second kappa shape index (κ2) is 35.3. The first kappa shape index (κ1) is 66.1. The summed E-state index contributed by atoms with van der Waals surface area (Å²) < 4.78 is 15.1. The summed E-state index contributed by atoms with van der Waals surface area (Å²) in [7, 11) is 0. The number of amides is 8. The Morgan fingerprint density at radius 3 is 1.97 bits per heavy atom. The molecule has 0 unspecified atom stereocenters. The summed E-state index contributed by atoms with van der Waals surface area (Å²) in [4.78, 5) is 126. The Kier molecular flexibility index (Phi) is 30.3. The van der Waals surface area contributed by atoms with Crippen molar-refractivity contribution in [2.24, 2.45) is 45.1 Å². The molecule has 25 N–H and O–H groups in total. The first-order valence-corrected chi connectivity index (χ1v) is 25.2. The number of carbonyl (C=O) groups is 9. The molecule has 430 valence electrons. The molecule has 2 rings (SSSR count). The molecule has 0 saturated carbocycles. The number of aliphatic hydroxyl groups excluding tert-OH is 2. The zero-order chi connectivity index (χ0) is 57.6. The molecule has 1 fully saturated rings. The molecular weight excluding hydrogens is 1010 g/mol. The van der Waals surface area contributed by atoms with Gasteiger partial charge in [-0.05, 0) is 95.5 Å². The zero-order valence-corrected chi connectivity index (χ0v) is 43.0. The lowest BCUT2D eigenvalue weighted by Gasteiger charge is -2.28. The number of guanidine groups is 1. The van der Waals surface area contributed by atoms with Crippen molar-refractivity contribution >= 4 is 64.9 Å². The Morgan fingerprint density at radius 1 is 0.766 bits per heavy atom. The number of aliphatic hydroxyl groups is 2. The van der Waals surface area contributed by atoms with Crippen molar-refractivity contribution in [1.29, 1.82) is 5.41 Å². The van der Waals surface area contributed by atoms with Crippen molar-refractivity contribution in [2.75, 3.05) is 52.4 Å². The molecule has 77 heavy (non-hydrogen) atoms. The Balaban J connectivity index is 2.37.